The summed E-state index contributed by atoms with van der Waals surface area (Å²) in [5, 5.41) is 7.33. The average molecular weight is 335 g/mol. The van der Waals surface area contributed by atoms with E-state index in [-0.39, 0.29) is 0 Å². The minimum absolute atomic E-state index is 0.695. The fourth-order valence-electron chi connectivity index (χ4n) is 4.35. The molecule has 4 rings (SSSR count). The van der Waals surface area contributed by atoms with Crippen LogP contribution in [0, 0.1) is 6.92 Å². The molecular weight excluding hydrogens is 304 g/mol. The molecule has 0 aromatic heterocycles. The molecule has 2 aromatic rings. The van der Waals surface area contributed by atoms with Crippen LogP contribution in [0.5, 0.6) is 0 Å². The van der Waals surface area contributed by atoms with Crippen molar-refractivity contribution in [2.75, 3.05) is 7.05 Å². The van der Waals surface area contributed by atoms with Gasteiger partial charge < -0.3 is 10.6 Å². The zero-order valence-corrected chi connectivity index (χ0v) is 15.5. The lowest BCUT2D eigenvalue weighted by atomic mass is 9.91. The molecule has 2 heteroatoms. The molecular formula is C23H30N2. The second-order valence-corrected chi connectivity index (χ2v) is 7.94. The van der Waals surface area contributed by atoms with Crippen LogP contribution in [0.1, 0.15) is 49.1 Å². The SMILES string of the molecule is CNC1CCC(NC2CC2c2ccc(-c3cccc(C)c3)cc2)CC1. The van der Waals surface area contributed by atoms with Gasteiger partial charge in [-0.2, -0.15) is 0 Å². The predicted octanol–water partition coefficient (Wildman–Crippen LogP) is 4.64. The van der Waals surface area contributed by atoms with Gasteiger partial charge in [-0.25, -0.2) is 0 Å². The molecule has 25 heavy (non-hydrogen) atoms. The summed E-state index contributed by atoms with van der Waals surface area (Å²) in [6.45, 7) is 2.16. The van der Waals surface area contributed by atoms with Gasteiger partial charge in [0.1, 0.15) is 0 Å². The van der Waals surface area contributed by atoms with E-state index < -0.39 is 0 Å². The Kier molecular flexibility index (Phi) is 4.91. The molecule has 2 aromatic carbocycles. The first-order valence-electron chi connectivity index (χ1n) is 9.83. The van der Waals surface area contributed by atoms with E-state index in [2.05, 4.69) is 73.1 Å². The standard InChI is InChI=1S/C23H30N2/c1-16-4-3-5-19(14-16)17-6-8-18(9-7-17)22-15-23(22)25-21-12-10-20(24-2)11-13-21/h3-9,14,20-25H,10-13,15H2,1-2H3. The van der Waals surface area contributed by atoms with Crippen molar-refractivity contribution in [3.63, 3.8) is 0 Å². The van der Waals surface area contributed by atoms with Crippen molar-refractivity contribution < 1.29 is 0 Å². The molecule has 2 nitrogen and oxygen atoms in total. The highest BCUT2D eigenvalue weighted by atomic mass is 15.0. The maximum Gasteiger partial charge on any atom is 0.0145 e. The van der Waals surface area contributed by atoms with E-state index in [0.717, 1.165) is 12.1 Å². The molecule has 0 bridgehead atoms. The van der Waals surface area contributed by atoms with Gasteiger partial charge in [-0.3, -0.25) is 0 Å². The van der Waals surface area contributed by atoms with Crippen LogP contribution in [0.3, 0.4) is 0 Å². The fraction of sp³-hybridized carbons (Fsp3) is 0.478. The number of benzene rings is 2. The molecule has 2 atom stereocenters. The summed E-state index contributed by atoms with van der Waals surface area (Å²) in [5.41, 5.74) is 5.46. The fourth-order valence-corrected chi connectivity index (χ4v) is 4.35. The third-order valence-corrected chi connectivity index (χ3v) is 6.07. The van der Waals surface area contributed by atoms with Crippen LogP contribution in [0.15, 0.2) is 48.5 Å². The van der Waals surface area contributed by atoms with Gasteiger partial charge in [-0.05, 0) is 62.8 Å². The van der Waals surface area contributed by atoms with Crippen LogP contribution in [-0.4, -0.2) is 25.2 Å². The molecule has 2 aliphatic rings. The molecule has 2 unspecified atom stereocenters. The molecule has 0 heterocycles. The van der Waals surface area contributed by atoms with Gasteiger partial charge in [0, 0.05) is 24.0 Å². The van der Waals surface area contributed by atoms with Crippen molar-refractivity contribution >= 4 is 0 Å². The first-order valence-corrected chi connectivity index (χ1v) is 9.83. The van der Waals surface area contributed by atoms with Crippen molar-refractivity contribution in [1.29, 1.82) is 0 Å². The molecule has 2 aliphatic carbocycles. The average Bonchev–Trinajstić information content (AvgIpc) is 3.42. The Balaban J connectivity index is 1.33. The first kappa shape index (κ1) is 16.8. The smallest absolute Gasteiger partial charge is 0.0145 e. The second kappa shape index (κ2) is 7.31. The highest BCUT2D eigenvalue weighted by Gasteiger charge is 2.39. The van der Waals surface area contributed by atoms with Crippen LogP contribution in [0.25, 0.3) is 11.1 Å². The van der Waals surface area contributed by atoms with Crippen LogP contribution >= 0.6 is 0 Å². The summed E-state index contributed by atoms with van der Waals surface area (Å²) >= 11 is 0. The van der Waals surface area contributed by atoms with Gasteiger partial charge in [0.2, 0.25) is 0 Å². The topological polar surface area (TPSA) is 24.1 Å². The van der Waals surface area contributed by atoms with Crippen LogP contribution in [0.4, 0.5) is 0 Å². The van der Waals surface area contributed by atoms with Gasteiger partial charge in [0.25, 0.3) is 0 Å². The first-order chi connectivity index (χ1) is 12.2. The van der Waals surface area contributed by atoms with Gasteiger partial charge in [0.15, 0.2) is 0 Å². The van der Waals surface area contributed by atoms with Gasteiger partial charge in [-0.15, -0.1) is 0 Å². The number of nitrogens with one attached hydrogen (secondary N) is 2. The maximum atomic E-state index is 3.91. The normalized spacial score (nSPS) is 28.7. The van der Waals surface area contributed by atoms with E-state index in [1.807, 2.05) is 0 Å². The summed E-state index contributed by atoms with van der Waals surface area (Å²) in [7, 11) is 2.09. The van der Waals surface area contributed by atoms with Crippen LogP contribution < -0.4 is 10.6 Å². The second-order valence-electron chi connectivity index (χ2n) is 7.94. The summed E-state index contributed by atoms with van der Waals surface area (Å²) in [6, 6.07) is 20.2. The number of rotatable bonds is 5. The van der Waals surface area contributed by atoms with Gasteiger partial charge in [0.05, 0.1) is 0 Å². The summed E-state index contributed by atoms with van der Waals surface area (Å²) < 4.78 is 0. The van der Waals surface area contributed by atoms with Crippen LogP contribution in [0.2, 0.25) is 0 Å². The Bertz CT molecular complexity index is 698. The molecule has 2 saturated carbocycles. The summed E-state index contributed by atoms with van der Waals surface area (Å²) in [6.07, 6.45) is 6.57. The molecule has 2 fully saturated rings. The van der Waals surface area contributed by atoms with E-state index in [4.69, 9.17) is 0 Å². The molecule has 0 aliphatic heterocycles. The quantitative estimate of drug-likeness (QED) is 0.832. The highest BCUT2D eigenvalue weighted by molar-refractivity contribution is 5.64. The minimum atomic E-state index is 0.695. The monoisotopic (exact) mass is 334 g/mol. The van der Waals surface area contributed by atoms with E-state index in [1.165, 1.54) is 54.4 Å². The zero-order valence-electron chi connectivity index (χ0n) is 15.5. The van der Waals surface area contributed by atoms with Crippen molar-refractivity contribution in [3.05, 3.63) is 59.7 Å². The number of hydrogen-bond acceptors (Lipinski definition) is 2. The third kappa shape index (κ3) is 3.96. The maximum absolute atomic E-state index is 3.91. The molecule has 0 spiro atoms. The third-order valence-electron chi connectivity index (χ3n) is 6.07. The summed E-state index contributed by atoms with van der Waals surface area (Å²) in [5.74, 6) is 0.716. The number of aryl methyl sites for hydroxylation is 1. The highest BCUT2D eigenvalue weighted by Crippen LogP contribution is 2.42. The lowest BCUT2D eigenvalue weighted by Crippen LogP contribution is -2.39. The zero-order chi connectivity index (χ0) is 17.2. The Hall–Kier alpha value is -1.64. The summed E-state index contributed by atoms with van der Waals surface area (Å²) in [4.78, 5) is 0. The minimum Gasteiger partial charge on any atom is -0.317 e. The van der Waals surface area contributed by atoms with Crippen molar-refractivity contribution in [2.24, 2.45) is 0 Å². The molecule has 0 radical (unpaired) electrons. The molecule has 132 valence electrons. The Morgan fingerprint density at radius 2 is 1.56 bits per heavy atom. The lowest BCUT2D eigenvalue weighted by molar-refractivity contribution is 0.315. The Morgan fingerprint density at radius 1 is 0.840 bits per heavy atom. The number of hydrogen-bond donors (Lipinski definition) is 2. The van der Waals surface area contributed by atoms with Crippen LogP contribution in [-0.2, 0) is 0 Å². The van der Waals surface area contributed by atoms with Crippen molar-refractivity contribution in [1.82, 2.24) is 10.6 Å². The van der Waals surface area contributed by atoms with Gasteiger partial charge in [-0.1, -0.05) is 54.1 Å². The van der Waals surface area contributed by atoms with E-state index in [0.29, 0.717) is 12.0 Å². The van der Waals surface area contributed by atoms with Crippen molar-refractivity contribution in [2.45, 2.75) is 63.1 Å². The Morgan fingerprint density at radius 3 is 2.24 bits per heavy atom. The Labute approximate surface area is 152 Å². The lowest BCUT2D eigenvalue weighted by Gasteiger charge is -2.29. The molecule has 0 amide bonds. The predicted molar refractivity (Wildman–Crippen MR) is 106 cm³/mol. The largest absolute Gasteiger partial charge is 0.317 e. The van der Waals surface area contributed by atoms with Gasteiger partial charge >= 0.3 is 0 Å². The molecule has 2 N–H and O–H groups in total. The van der Waals surface area contributed by atoms with E-state index in [1.54, 1.807) is 0 Å². The van der Waals surface area contributed by atoms with E-state index >= 15 is 0 Å². The molecule has 0 saturated heterocycles. The van der Waals surface area contributed by atoms with Crippen molar-refractivity contribution in [3.8, 4) is 11.1 Å². The van der Waals surface area contributed by atoms with E-state index in [9.17, 15) is 0 Å².